The second kappa shape index (κ2) is 6.04. The van der Waals surface area contributed by atoms with E-state index in [1.807, 2.05) is 26.0 Å². The number of hydrogen-bond acceptors (Lipinski definition) is 2. The Morgan fingerprint density at radius 3 is 2.15 bits per heavy atom. The van der Waals surface area contributed by atoms with Gasteiger partial charge in [-0.25, -0.2) is 0 Å². The molecule has 0 fully saturated rings. The standard InChI is InChI=1S/C16H16Cl2O2/c1-9-6-13(7-10(2)16(9)18)20-15-5-4-12(11(3)19)8-14(15)17/h4-8,11,19H,1-3H3/t11-/m0/s1. The van der Waals surface area contributed by atoms with Crippen LogP contribution in [-0.4, -0.2) is 5.11 Å². The molecular weight excluding hydrogens is 295 g/mol. The average molecular weight is 311 g/mol. The van der Waals surface area contributed by atoms with Crippen LogP contribution in [0.25, 0.3) is 0 Å². The Morgan fingerprint density at radius 1 is 1.05 bits per heavy atom. The third kappa shape index (κ3) is 3.26. The molecule has 0 aliphatic carbocycles. The molecule has 0 radical (unpaired) electrons. The Hall–Kier alpha value is -1.22. The molecule has 2 aromatic rings. The molecule has 2 aromatic carbocycles. The summed E-state index contributed by atoms with van der Waals surface area (Å²) in [5, 5.41) is 10.7. The zero-order chi connectivity index (χ0) is 14.9. The molecule has 0 saturated carbocycles. The maximum Gasteiger partial charge on any atom is 0.146 e. The largest absolute Gasteiger partial charge is 0.456 e. The van der Waals surface area contributed by atoms with Crippen LogP contribution in [0, 0.1) is 13.8 Å². The van der Waals surface area contributed by atoms with Crippen molar-refractivity contribution in [3.05, 3.63) is 57.1 Å². The smallest absolute Gasteiger partial charge is 0.146 e. The van der Waals surface area contributed by atoms with Crippen molar-refractivity contribution in [3.8, 4) is 11.5 Å². The van der Waals surface area contributed by atoms with Crippen LogP contribution >= 0.6 is 23.2 Å². The highest BCUT2D eigenvalue weighted by Crippen LogP contribution is 2.34. The molecule has 2 nitrogen and oxygen atoms in total. The summed E-state index contributed by atoms with van der Waals surface area (Å²) in [5.41, 5.74) is 2.67. The fourth-order valence-corrected chi connectivity index (χ4v) is 2.29. The number of hydrogen-bond donors (Lipinski definition) is 1. The molecule has 0 saturated heterocycles. The average Bonchev–Trinajstić information content (AvgIpc) is 2.38. The first-order valence-electron chi connectivity index (χ1n) is 6.30. The molecule has 1 atom stereocenters. The lowest BCUT2D eigenvalue weighted by molar-refractivity contribution is 0.199. The van der Waals surface area contributed by atoms with Crippen LogP contribution in [0.1, 0.15) is 29.7 Å². The molecule has 20 heavy (non-hydrogen) atoms. The molecule has 0 heterocycles. The Kier molecular flexibility index (Phi) is 4.59. The van der Waals surface area contributed by atoms with Gasteiger partial charge in [0.1, 0.15) is 11.5 Å². The van der Waals surface area contributed by atoms with Gasteiger partial charge in [-0.05, 0) is 61.7 Å². The van der Waals surface area contributed by atoms with E-state index in [1.54, 1.807) is 25.1 Å². The van der Waals surface area contributed by atoms with Gasteiger partial charge in [0, 0.05) is 5.02 Å². The summed E-state index contributed by atoms with van der Waals surface area (Å²) in [5.74, 6) is 1.24. The Balaban J connectivity index is 2.31. The second-order valence-corrected chi connectivity index (χ2v) is 5.62. The monoisotopic (exact) mass is 310 g/mol. The molecule has 1 N–H and O–H groups in total. The lowest BCUT2D eigenvalue weighted by Crippen LogP contribution is -1.93. The summed E-state index contributed by atoms with van der Waals surface area (Å²) in [6.07, 6.45) is -0.554. The minimum absolute atomic E-state index is 0.466. The summed E-state index contributed by atoms with van der Waals surface area (Å²) in [4.78, 5) is 0. The van der Waals surface area contributed by atoms with E-state index < -0.39 is 6.10 Å². The van der Waals surface area contributed by atoms with Gasteiger partial charge in [0.25, 0.3) is 0 Å². The highest BCUT2D eigenvalue weighted by atomic mass is 35.5. The number of benzene rings is 2. The van der Waals surface area contributed by atoms with E-state index in [0.717, 1.165) is 21.7 Å². The summed E-state index contributed by atoms with van der Waals surface area (Å²) < 4.78 is 5.79. The fourth-order valence-electron chi connectivity index (χ4n) is 1.95. The van der Waals surface area contributed by atoms with Gasteiger partial charge in [0.2, 0.25) is 0 Å². The quantitative estimate of drug-likeness (QED) is 0.816. The Morgan fingerprint density at radius 2 is 1.65 bits per heavy atom. The highest BCUT2D eigenvalue weighted by Gasteiger charge is 2.09. The molecule has 4 heteroatoms. The van der Waals surface area contributed by atoms with Crippen molar-refractivity contribution < 1.29 is 9.84 Å². The van der Waals surface area contributed by atoms with E-state index >= 15 is 0 Å². The maximum atomic E-state index is 9.52. The molecule has 0 aliphatic heterocycles. The van der Waals surface area contributed by atoms with Crippen LogP contribution in [-0.2, 0) is 0 Å². The van der Waals surface area contributed by atoms with Crippen molar-refractivity contribution >= 4 is 23.2 Å². The SMILES string of the molecule is Cc1cc(Oc2ccc([C@H](C)O)cc2Cl)cc(C)c1Cl. The Bertz CT molecular complexity index is 613. The normalized spacial score (nSPS) is 12.3. The van der Waals surface area contributed by atoms with Gasteiger partial charge in [0.05, 0.1) is 11.1 Å². The molecule has 0 aromatic heterocycles. The van der Waals surface area contributed by atoms with Crippen molar-refractivity contribution in [2.75, 3.05) is 0 Å². The molecule has 0 spiro atoms. The van der Waals surface area contributed by atoms with Gasteiger partial charge in [-0.2, -0.15) is 0 Å². The van der Waals surface area contributed by atoms with E-state index in [9.17, 15) is 5.11 Å². The number of halogens is 2. The summed E-state index contributed by atoms with van der Waals surface area (Å²) in [6, 6.07) is 8.99. The highest BCUT2D eigenvalue weighted by molar-refractivity contribution is 6.32. The van der Waals surface area contributed by atoms with Gasteiger partial charge in [-0.3, -0.25) is 0 Å². The van der Waals surface area contributed by atoms with E-state index in [1.165, 1.54) is 0 Å². The molecule has 0 unspecified atom stereocenters. The van der Waals surface area contributed by atoms with E-state index in [-0.39, 0.29) is 0 Å². The van der Waals surface area contributed by atoms with E-state index in [2.05, 4.69) is 0 Å². The van der Waals surface area contributed by atoms with Crippen LogP contribution in [0.3, 0.4) is 0 Å². The fraction of sp³-hybridized carbons (Fsp3) is 0.250. The topological polar surface area (TPSA) is 29.5 Å². The number of aliphatic hydroxyl groups is 1. The maximum absolute atomic E-state index is 9.52. The van der Waals surface area contributed by atoms with Crippen LogP contribution in [0.2, 0.25) is 10.0 Å². The van der Waals surface area contributed by atoms with Gasteiger partial charge in [0.15, 0.2) is 0 Å². The lowest BCUT2D eigenvalue weighted by Gasteiger charge is -2.12. The van der Waals surface area contributed by atoms with Gasteiger partial charge in [-0.1, -0.05) is 29.3 Å². The third-order valence-electron chi connectivity index (χ3n) is 3.08. The van der Waals surface area contributed by atoms with Crippen molar-refractivity contribution in [1.29, 1.82) is 0 Å². The van der Waals surface area contributed by atoms with Crippen molar-refractivity contribution in [2.24, 2.45) is 0 Å². The molecule has 0 aliphatic rings. The van der Waals surface area contributed by atoms with E-state index in [4.69, 9.17) is 27.9 Å². The molecule has 0 amide bonds. The number of aliphatic hydroxyl groups excluding tert-OH is 1. The zero-order valence-electron chi connectivity index (χ0n) is 11.6. The van der Waals surface area contributed by atoms with Crippen LogP contribution < -0.4 is 4.74 Å². The van der Waals surface area contributed by atoms with Crippen LogP contribution in [0.5, 0.6) is 11.5 Å². The van der Waals surface area contributed by atoms with E-state index in [0.29, 0.717) is 16.5 Å². The predicted octanol–water partition coefficient (Wildman–Crippen LogP) is 5.46. The summed E-state index contributed by atoms with van der Waals surface area (Å²) >= 11 is 12.3. The lowest BCUT2D eigenvalue weighted by atomic mass is 10.1. The molecule has 0 bridgehead atoms. The molecular formula is C16H16Cl2O2. The first-order valence-corrected chi connectivity index (χ1v) is 7.06. The molecule has 2 rings (SSSR count). The minimum atomic E-state index is -0.554. The minimum Gasteiger partial charge on any atom is -0.456 e. The summed E-state index contributed by atoms with van der Waals surface area (Å²) in [7, 11) is 0. The molecule has 106 valence electrons. The zero-order valence-corrected chi connectivity index (χ0v) is 13.1. The first kappa shape index (κ1) is 15.2. The van der Waals surface area contributed by atoms with Gasteiger partial charge >= 0.3 is 0 Å². The number of ether oxygens (including phenoxy) is 1. The third-order valence-corrected chi connectivity index (χ3v) is 3.97. The first-order chi connectivity index (χ1) is 9.38. The predicted molar refractivity (Wildman–Crippen MR) is 83.1 cm³/mol. The number of rotatable bonds is 3. The van der Waals surface area contributed by atoms with Crippen molar-refractivity contribution in [3.63, 3.8) is 0 Å². The second-order valence-electron chi connectivity index (χ2n) is 4.84. The Labute approximate surface area is 128 Å². The van der Waals surface area contributed by atoms with Gasteiger partial charge in [-0.15, -0.1) is 0 Å². The van der Waals surface area contributed by atoms with Gasteiger partial charge < -0.3 is 9.84 Å². The van der Waals surface area contributed by atoms with Crippen LogP contribution in [0.15, 0.2) is 30.3 Å². The summed E-state index contributed by atoms with van der Waals surface area (Å²) in [6.45, 7) is 5.55. The van der Waals surface area contributed by atoms with Crippen LogP contribution in [0.4, 0.5) is 0 Å². The number of aryl methyl sites for hydroxylation is 2. The van der Waals surface area contributed by atoms with Crippen molar-refractivity contribution in [2.45, 2.75) is 26.9 Å². The van der Waals surface area contributed by atoms with Crippen molar-refractivity contribution in [1.82, 2.24) is 0 Å².